The van der Waals surface area contributed by atoms with E-state index in [9.17, 15) is 9.59 Å². The SMILES string of the molecule is COc1ccc(CNC(=O)Cn2nc(-c3cc(C)ccc3C)c3ccccc3c2=O)cc1. The van der Waals surface area contributed by atoms with Gasteiger partial charge in [-0.1, -0.05) is 48.0 Å². The van der Waals surface area contributed by atoms with Crippen molar-refractivity contribution >= 4 is 16.7 Å². The number of hydrogen-bond acceptors (Lipinski definition) is 4. The van der Waals surface area contributed by atoms with Crippen LogP contribution in [0.2, 0.25) is 0 Å². The van der Waals surface area contributed by atoms with Gasteiger partial charge in [0.2, 0.25) is 5.91 Å². The van der Waals surface area contributed by atoms with Gasteiger partial charge >= 0.3 is 0 Å². The number of nitrogens with zero attached hydrogens (tertiary/aromatic N) is 2. The molecule has 0 saturated heterocycles. The van der Waals surface area contributed by atoms with Crippen molar-refractivity contribution in [3.8, 4) is 17.0 Å². The lowest BCUT2D eigenvalue weighted by atomic mass is 9.99. The second kappa shape index (κ2) is 9.06. The molecule has 0 aliphatic heterocycles. The van der Waals surface area contributed by atoms with Gasteiger partial charge in [-0.25, -0.2) is 4.68 Å². The number of fused-ring (bicyclic) bond motifs is 1. The zero-order valence-electron chi connectivity index (χ0n) is 18.4. The van der Waals surface area contributed by atoms with Gasteiger partial charge in [-0.05, 0) is 49.2 Å². The van der Waals surface area contributed by atoms with E-state index < -0.39 is 0 Å². The predicted molar refractivity (Wildman–Crippen MR) is 126 cm³/mol. The van der Waals surface area contributed by atoms with E-state index in [-0.39, 0.29) is 18.0 Å². The average molecular weight is 428 g/mol. The fraction of sp³-hybridized carbons (Fsp3) is 0.192. The molecular weight excluding hydrogens is 402 g/mol. The lowest BCUT2D eigenvalue weighted by molar-refractivity contribution is -0.122. The summed E-state index contributed by atoms with van der Waals surface area (Å²) < 4.78 is 6.40. The fourth-order valence-electron chi connectivity index (χ4n) is 3.67. The highest BCUT2D eigenvalue weighted by Crippen LogP contribution is 2.28. The van der Waals surface area contributed by atoms with Crippen molar-refractivity contribution in [2.75, 3.05) is 7.11 Å². The lowest BCUT2D eigenvalue weighted by Crippen LogP contribution is -2.33. The first-order valence-electron chi connectivity index (χ1n) is 10.4. The fourth-order valence-corrected chi connectivity index (χ4v) is 3.67. The van der Waals surface area contributed by atoms with Gasteiger partial charge in [-0.2, -0.15) is 5.10 Å². The summed E-state index contributed by atoms with van der Waals surface area (Å²) in [7, 11) is 1.61. The molecule has 0 unspecified atom stereocenters. The van der Waals surface area contributed by atoms with Crippen molar-refractivity contribution in [3.63, 3.8) is 0 Å². The Balaban J connectivity index is 1.65. The van der Waals surface area contributed by atoms with Crippen molar-refractivity contribution in [1.29, 1.82) is 0 Å². The third-order valence-corrected chi connectivity index (χ3v) is 5.46. The minimum Gasteiger partial charge on any atom is -0.497 e. The van der Waals surface area contributed by atoms with E-state index in [0.717, 1.165) is 33.4 Å². The predicted octanol–water partition coefficient (Wildman–Crippen LogP) is 4.01. The molecule has 1 N–H and O–H groups in total. The minimum absolute atomic E-state index is 0.155. The van der Waals surface area contributed by atoms with Crippen molar-refractivity contribution in [1.82, 2.24) is 15.1 Å². The summed E-state index contributed by atoms with van der Waals surface area (Å²) in [5.74, 6) is 0.476. The molecule has 162 valence electrons. The highest BCUT2D eigenvalue weighted by molar-refractivity contribution is 5.94. The van der Waals surface area contributed by atoms with Gasteiger partial charge in [0.15, 0.2) is 0 Å². The molecule has 4 rings (SSSR count). The maximum Gasteiger partial charge on any atom is 0.275 e. The molecule has 6 heteroatoms. The molecule has 6 nitrogen and oxygen atoms in total. The number of nitrogens with one attached hydrogen (secondary N) is 1. The van der Waals surface area contributed by atoms with Crippen LogP contribution in [-0.4, -0.2) is 22.8 Å². The van der Waals surface area contributed by atoms with E-state index in [4.69, 9.17) is 4.74 Å². The Morgan fingerprint density at radius 1 is 1.00 bits per heavy atom. The topological polar surface area (TPSA) is 73.2 Å². The second-order valence-electron chi connectivity index (χ2n) is 7.80. The van der Waals surface area contributed by atoms with Crippen LogP contribution in [0.3, 0.4) is 0 Å². The Kier molecular flexibility index (Phi) is 6.03. The first-order chi connectivity index (χ1) is 15.5. The third-order valence-electron chi connectivity index (χ3n) is 5.46. The van der Waals surface area contributed by atoms with Gasteiger partial charge in [0.25, 0.3) is 5.56 Å². The van der Waals surface area contributed by atoms with Crippen LogP contribution in [0, 0.1) is 13.8 Å². The highest BCUT2D eigenvalue weighted by atomic mass is 16.5. The number of amides is 1. The maximum absolute atomic E-state index is 13.1. The first kappa shape index (κ1) is 21.3. The van der Waals surface area contributed by atoms with Gasteiger partial charge in [-0.3, -0.25) is 9.59 Å². The van der Waals surface area contributed by atoms with Gasteiger partial charge in [0.1, 0.15) is 12.3 Å². The van der Waals surface area contributed by atoms with Crippen molar-refractivity contribution in [3.05, 3.63) is 93.8 Å². The Labute approximate surface area is 186 Å². The molecule has 0 bridgehead atoms. The molecule has 0 aliphatic rings. The Morgan fingerprint density at radius 2 is 1.72 bits per heavy atom. The molecule has 0 saturated carbocycles. The summed E-state index contributed by atoms with van der Waals surface area (Å²) in [4.78, 5) is 25.7. The summed E-state index contributed by atoms with van der Waals surface area (Å²) >= 11 is 0. The average Bonchev–Trinajstić information content (AvgIpc) is 2.81. The normalized spacial score (nSPS) is 10.8. The van der Waals surface area contributed by atoms with E-state index >= 15 is 0 Å². The van der Waals surface area contributed by atoms with Crippen molar-refractivity contribution in [2.45, 2.75) is 26.9 Å². The molecule has 1 aromatic heterocycles. The first-order valence-corrected chi connectivity index (χ1v) is 10.4. The molecule has 4 aromatic rings. The summed E-state index contributed by atoms with van der Waals surface area (Å²) in [6, 6.07) is 21.0. The van der Waals surface area contributed by atoms with E-state index in [2.05, 4.69) is 16.5 Å². The largest absolute Gasteiger partial charge is 0.497 e. The Hall–Kier alpha value is -3.93. The van der Waals surface area contributed by atoms with Crippen LogP contribution in [0.1, 0.15) is 16.7 Å². The van der Waals surface area contributed by atoms with E-state index in [1.54, 1.807) is 13.2 Å². The zero-order valence-corrected chi connectivity index (χ0v) is 18.4. The van der Waals surface area contributed by atoms with Gasteiger partial charge < -0.3 is 10.1 Å². The van der Waals surface area contributed by atoms with E-state index in [1.165, 1.54) is 4.68 Å². The number of carbonyl (C=O) groups is 1. The zero-order chi connectivity index (χ0) is 22.7. The van der Waals surface area contributed by atoms with Crippen molar-refractivity contribution < 1.29 is 9.53 Å². The monoisotopic (exact) mass is 427 g/mol. The van der Waals surface area contributed by atoms with Crippen LogP contribution in [0.4, 0.5) is 0 Å². The number of carbonyl (C=O) groups excluding carboxylic acids is 1. The molecular formula is C26H25N3O3. The summed E-state index contributed by atoms with van der Waals surface area (Å²) in [6.07, 6.45) is 0. The lowest BCUT2D eigenvalue weighted by Gasteiger charge is -2.13. The van der Waals surface area contributed by atoms with Crippen LogP contribution < -0.4 is 15.6 Å². The van der Waals surface area contributed by atoms with Crippen LogP contribution in [0.25, 0.3) is 22.0 Å². The number of aryl methyl sites for hydroxylation is 2. The number of aromatic nitrogens is 2. The van der Waals surface area contributed by atoms with Crippen molar-refractivity contribution in [2.24, 2.45) is 0 Å². The molecule has 1 amide bonds. The summed E-state index contributed by atoms with van der Waals surface area (Å²) in [5, 5.41) is 8.80. The molecule has 0 spiro atoms. The smallest absolute Gasteiger partial charge is 0.275 e. The molecule has 3 aromatic carbocycles. The minimum atomic E-state index is -0.283. The summed E-state index contributed by atoms with van der Waals surface area (Å²) in [6.45, 7) is 4.24. The number of benzene rings is 3. The van der Waals surface area contributed by atoms with Crippen LogP contribution in [0.5, 0.6) is 5.75 Å². The van der Waals surface area contributed by atoms with Gasteiger partial charge in [0.05, 0.1) is 18.2 Å². The Bertz CT molecular complexity index is 1340. The molecule has 1 heterocycles. The molecule has 32 heavy (non-hydrogen) atoms. The van der Waals surface area contributed by atoms with Crippen LogP contribution >= 0.6 is 0 Å². The number of ether oxygens (including phenoxy) is 1. The van der Waals surface area contributed by atoms with Gasteiger partial charge in [-0.15, -0.1) is 0 Å². The van der Waals surface area contributed by atoms with Crippen LogP contribution in [-0.2, 0) is 17.9 Å². The van der Waals surface area contributed by atoms with Gasteiger partial charge in [0, 0.05) is 17.5 Å². The number of rotatable bonds is 6. The highest BCUT2D eigenvalue weighted by Gasteiger charge is 2.15. The number of methoxy groups -OCH3 is 1. The Morgan fingerprint density at radius 3 is 2.44 bits per heavy atom. The summed E-state index contributed by atoms with van der Waals surface area (Å²) in [5.41, 5.74) is 4.47. The number of hydrogen-bond donors (Lipinski definition) is 1. The molecule has 0 fully saturated rings. The van der Waals surface area contributed by atoms with E-state index in [0.29, 0.717) is 17.6 Å². The molecule has 0 aliphatic carbocycles. The maximum atomic E-state index is 13.1. The standard InChI is InChI=1S/C26H25N3O3/c1-17-8-9-18(2)23(14-17)25-21-6-4-5-7-22(21)26(31)29(28-25)16-24(30)27-15-19-10-12-20(32-3)13-11-19/h4-14H,15-16H2,1-3H3,(H,27,30). The second-order valence-corrected chi connectivity index (χ2v) is 7.80. The quantitative estimate of drug-likeness (QED) is 0.505. The third kappa shape index (κ3) is 4.39. The van der Waals surface area contributed by atoms with E-state index in [1.807, 2.05) is 68.4 Å². The molecule has 0 radical (unpaired) electrons. The van der Waals surface area contributed by atoms with Crippen LogP contribution in [0.15, 0.2) is 71.5 Å². The molecule has 0 atom stereocenters.